The van der Waals surface area contributed by atoms with Crippen LogP contribution in [-0.2, 0) is 13.1 Å². The molecule has 2 fully saturated rings. The summed E-state index contributed by atoms with van der Waals surface area (Å²) < 4.78 is 2.42. The second-order valence-electron chi connectivity index (χ2n) is 6.61. The Morgan fingerprint density at radius 1 is 1.05 bits per heavy atom. The van der Waals surface area contributed by atoms with Crippen LogP contribution in [-0.4, -0.2) is 35.1 Å². The first-order valence-corrected chi connectivity index (χ1v) is 8.42. The van der Waals surface area contributed by atoms with Gasteiger partial charge in [0.25, 0.3) is 0 Å². The van der Waals surface area contributed by atoms with Crippen molar-refractivity contribution in [3.8, 4) is 0 Å². The van der Waals surface area contributed by atoms with Gasteiger partial charge in [0.1, 0.15) is 0 Å². The molecule has 1 aliphatic carbocycles. The Kier molecular flexibility index (Phi) is 3.70. The van der Waals surface area contributed by atoms with Gasteiger partial charge >= 0.3 is 0 Å². The lowest BCUT2D eigenvalue weighted by molar-refractivity contribution is 0.324. The second-order valence-corrected chi connectivity index (χ2v) is 6.61. The lowest BCUT2D eigenvalue weighted by Gasteiger charge is -2.15. The van der Waals surface area contributed by atoms with Crippen LogP contribution in [0.4, 0.5) is 0 Å². The highest BCUT2D eigenvalue weighted by molar-refractivity contribution is 5.80. The molecule has 3 heteroatoms. The molecule has 4 rings (SSSR count). The lowest BCUT2D eigenvalue weighted by atomic mass is 10.1. The summed E-state index contributed by atoms with van der Waals surface area (Å²) in [5, 5.41) is 4.98. The molecule has 1 aromatic heterocycles. The molecule has 112 valence electrons. The van der Waals surface area contributed by atoms with Crippen molar-refractivity contribution in [3.63, 3.8) is 0 Å². The summed E-state index contributed by atoms with van der Waals surface area (Å²) in [6.07, 6.45) is 7.72. The number of rotatable bonds is 6. The third-order valence-electron chi connectivity index (χ3n) is 4.87. The van der Waals surface area contributed by atoms with E-state index in [2.05, 4.69) is 45.2 Å². The summed E-state index contributed by atoms with van der Waals surface area (Å²) >= 11 is 0. The summed E-state index contributed by atoms with van der Waals surface area (Å²) in [7, 11) is 0. The van der Waals surface area contributed by atoms with E-state index in [1.165, 1.54) is 61.8 Å². The van der Waals surface area contributed by atoms with E-state index < -0.39 is 0 Å². The second kappa shape index (κ2) is 5.82. The fraction of sp³-hybridized carbons (Fsp3) is 0.556. The van der Waals surface area contributed by atoms with E-state index in [0.29, 0.717) is 0 Å². The van der Waals surface area contributed by atoms with Crippen LogP contribution in [0.5, 0.6) is 0 Å². The summed E-state index contributed by atoms with van der Waals surface area (Å²) in [6.45, 7) is 5.89. The molecule has 2 aromatic rings. The van der Waals surface area contributed by atoms with Gasteiger partial charge in [0.05, 0.1) is 0 Å². The van der Waals surface area contributed by atoms with Crippen LogP contribution in [0.15, 0.2) is 30.5 Å². The molecule has 1 N–H and O–H groups in total. The highest BCUT2D eigenvalue weighted by atomic mass is 15.2. The summed E-state index contributed by atoms with van der Waals surface area (Å²) in [4.78, 5) is 2.59. The lowest BCUT2D eigenvalue weighted by Crippen LogP contribution is -2.23. The molecule has 0 unspecified atom stereocenters. The summed E-state index contributed by atoms with van der Waals surface area (Å²) in [5.74, 6) is 0. The van der Waals surface area contributed by atoms with Crippen molar-refractivity contribution >= 4 is 10.9 Å². The van der Waals surface area contributed by atoms with E-state index in [0.717, 1.165) is 19.1 Å². The maximum Gasteiger partial charge on any atom is 0.0483 e. The fourth-order valence-corrected chi connectivity index (χ4v) is 3.34. The van der Waals surface area contributed by atoms with Gasteiger partial charge in [-0.15, -0.1) is 0 Å². The highest BCUT2D eigenvalue weighted by Gasteiger charge is 2.20. The molecular formula is C18H25N3. The van der Waals surface area contributed by atoms with Crippen LogP contribution in [0.3, 0.4) is 0 Å². The normalized spacial score (nSPS) is 19.6. The smallest absolute Gasteiger partial charge is 0.0483 e. The van der Waals surface area contributed by atoms with Crippen LogP contribution >= 0.6 is 0 Å². The van der Waals surface area contributed by atoms with Gasteiger partial charge in [-0.2, -0.15) is 0 Å². The fourth-order valence-electron chi connectivity index (χ4n) is 3.34. The third kappa shape index (κ3) is 3.14. The van der Waals surface area contributed by atoms with Crippen molar-refractivity contribution in [1.29, 1.82) is 0 Å². The molecule has 3 nitrogen and oxygen atoms in total. The Bertz CT molecular complexity index is 606. The van der Waals surface area contributed by atoms with Gasteiger partial charge in [-0.1, -0.05) is 12.1 Å². The van der Waals surface area contributed by atoms with Gasteiger partial charge in [0.15, 0.2) is 0 Å². The van der Waals surface area contributed by atoms with Gasteiger partial charge in [-0.25, -0.2) is 0 Å². The van der Waals surface area contributed by atoms with Gasteiger partial charge < -0.3 is 14.8 Å². The van der Waals surface area contributed by atoms with Crippen LogP contribution in [0.25, 0.3) is 10.9 Å². The van der Waals surface area contributed by atoms with E-state index in [4.69, 9.17) is 0 Å². The summed E-state index contributed by atoms with van der Waals surface area (Å²) in [6, 6.07) is 9.93. The van der Waals surface area contributed by atoms with Crippen molar-refractivity contribution in [2.45, 2.75) is 44.8 Å². The van der Waals surface area contributed by atoms with Crippen LogP contribution in [0, 0.1) is 0 Å². The van der Waals surface area contributed by atoms with Crippen molar-refractivity contribution in [1.82, 2.24) is 14.8 Å². The predicted molar refractivity (Wildman–Crippen MR) is 87.5 cm³/mol. The topological polar surface area (TPSA) is 20.2 Å². The van der Waals surface area contributed by atoms with Gasteiger partial charge in [0, 0.05) is 37.4 Å². The third-order valence-corrected chi connectivity index (χ3v) is 4.87. The monoisotopic (exact) mass is 283 g/mol. The molecule has 1 aromatic carbocycles. The molecule has 0 spiro atoms. The van der Waals surface area contributed by atoms with Crippen LogP contribution in [0.2, 0.25) is 0 Å². The molecule has 0 amide bonds. The highest BCUT2D eigenvalue weighted by Crippen LogP contribution is 2.21. The Hall–Kier alpha value is -1.32. The molecule has 1 saturated heterocycles. The number of nitrogens with zero attached hydrogens (tertiary/aromatic N) is 2. The number of fused-ring (bicyclic) bond motifs is 1. The Balaban J connectivity index is 1.46. The van der Waals surface area contributed by atoms with Gasteiger partial charge in [0.2, 0.25) is 0 Å². The van der Waals surface area contributed by atoms with Crippen molar-refractivity contribution in [2.24, 2.45) is 0 Å². The van der Waals surface area contributed by atoms with Crippen LogP contribution in [0.1, 0.15) is 31.2 Å². The van der Waals surface area contributed by atoms with Crippen molar-refractivity contribution < 1.29 is 0 Å². The predicted octanol–water partition coefficient (Wildman–Crippen LogP) is 2.99. The maximum absolute atomic E-state index is 3.61. The van der Waals surface area contributed by atoms with E-state index >= 15 is 0 Å². The van der Waals surface area contributed by atoms with E-state index in [1.807, 2.05) is 0 Å². The number of nitrogens with one attached hydrogen (secondary N) is 1. The minimum Gasteiger partial charge on any atom is -0.346 e. The zero-order valence-corrected chi connectivity index (χ0v) is 12.7. The first-order chi connectivity index (χ1) is 10.4. The maximum atomic E-state index is 3.61. The molecule has 2 aliphatic rings. The Morgan fingerprint density at radius 2 is 1.90 bits per heavy atom. The molecular weight excluding hydrogens is 258 g/mol. The molecule has 0 atom stereocenters. The average Bonchev–Trinajstić information content (AvgIpc) is 3.03. The Morgan fingerprint density at radius 3 is 2.71 bits per heavy atom. The van der Waals surface area contributed by atoms with E-state index in [9.17, 15) is 0 Å². The van der Waals surface area contributed by atoms with Gasteiger partial charge in [-0.05, 0) is 61.9 Å². The Labute approximate surface area is 126 Å². The molecule has 0 radical (unpaired) electrons. The molecule has 2 heterocycles. The largest absolute Gasteiger partial charge is 0.346 e. The molecule has 1 aliphatic heterocycles. The number of aromatic nitrogens is 1. The standard InChI is InChI=1S/C18H25N3/c1-2-9-20(8-1)11-12-21-10-7-16-4-3-15(13-18(16)21)14-19-17-5-6-17/h3-4,7,10,13,17,19H,1-2,5-6,8-9,11-12,14H2. The first kappa shape index (κ1) is 13.4. The van der Waals surface area contributed by atoms with Crippen molar-refractivity contribution in [2.75, 3.05) is 19.6 Å². The van der Waals surface area contributed by atoms with Gasteiger partial charge in [-0.3, -0.25) is 0 Å². The van der Waals surface area contributed by atoms with Crippen molar-refractivity contribution in [3.05, 3.63) is 36.0 Å². The van der Waals surface area contributed by atoms with E-state index in [1.54, 1.807) is 0 Å². The number of hydrogen-bond acceptors (Lipinski definition) is 2. The minimum absolute atomic E-state index is 0.780. The van der Waals surface area contributed by atoms with Crippen LogP contribution < -0.4 is 5.32 Å². The number of hydrogen-bond donors (Lipinski definition) is 1. The SMILES string of the molecule is c1cc2ccn(CCN3CCCC3)c2cc1CNC1CC1. The molecule has 0 bridgehead atoms. The minimum atomic E-state index is 0.780. The molecule has 1 saturated carbocycles. The zero-order chi connectivity index (χ0) is 14.1. The quantitative estimate of drug-likeness (QED) is 0.879. The zero-order valence-electron chi connectivity index (χ0n) is 12.7. The number of benzene rings is 1. The summed E-state index contributed by atoms with van der Waals surface area (Å²) in [5.41, 5.74) is 2.81. The first-order valence-electron chi connectivity index (χ1n) is 8.42. The average molecular weight is 283 g/mol. The van der Waals surface area contributed by atoms with E-state index in [-0.39, 0.29) is 0 Å². The molecule has 21 heavy (non-hydrogen) atoms. The number of likely N-dealkylation sites (tertiary alicyclic amines) is 1.